The predicted octanol–water partition coefficient (Wildman–Crippen LogP) is 4.17. The quantitative estimate of drug-likeness (QED) is 0.520. The van der Waals surface area contributed by atoms with Gasteiger partial charge in [0.15, 0.2) is 6.61 Å². The summed E-state index contributed by atoms with van der Waals surface area (Å²) in [5.41, 5.74) is 0.496. The Labute approximate surface area is 164 Å². The lowest BCUT2D eigenvalue weighted by Crippen LogP contribution is -2.29. The van der Waals surface area contributed by atoms with E-state index in [0.717, 1.165) is 16.7 Å². The van der Waals surface area contributed by atoms with Crippen molar-refractivity contribution < 1.29 is 32.2 Å². The van der Waals surface area contributed by atoms with Crippen LogP contribution in [-0.2, 0) is 16.1 Å². The Morgan fingerprint density at radius 1 is 1.07 bits per heavy atom. The number of rotatable bonds is 8. The number of hydrogen-bond donors (Lipinski definition) is 1. The molecule has 2 aromatic rings. The van der Waals surface area contributed by atoms with E-state index >= 15 is 0 Å². The molecule has 28 heavy (non-hydrogen) atoms. The van der Waals surface area contributed by atoms with Crippen molar-refractivity contribution in [2.75, 3.05) is 12.4 Å². The van der Waals surface area contributed by atoms with Crippen molar-refractivity contribution in [2.45, 2.75) is 24.7 Å². The molecule has 0 saturated heterocycles. The van der Waals surface area contributed by atoms with E-state index in [9.17, 15) is 22.8 Å². The Morgan fingerprint density at radius 3 is 2.46 bits per heavy atom. The standard InChI is InChI=1S/C19H18F3NO4S/c1-2-28-16-10-6-4-8-14(16)18(25)26-12-17(24)23-11-13-7-3-5-9-15(13)27-19(20,21)22/h3-10H,2,11-12H2,1H3,(H,23,24). The fourth-order valence-electron chi connectivity index (χ4n) is 2.24. The van der Waals surface area contributed by atoms with Crippen molar-refractivity contribution in [2.24, 2.45) is 0 Å². The molecule has 0 radical (unpaired) electrons. The number of thioether (sulfide) groups is 1. The normalized spacial score (nSPS) is 11.0. The van der Waals surface area contributed by atoms with Crippen LogP contribution in [0, 0.1) is 0 Å². The Hall–Kier alpha value is -2.68. The van der Waals surface area contributed by atoms with Gasteiger partial charge in [-0.1, -0.05) is 37.3 Å². The Balaban J connectivity index is 1.90. The topological polar surface area (TPSA) is 64.6 Å². The van der Waals surface area contributed by atoms with E-state index in [1.54, 1.807) is 24.3 Å². The number of para-hydroxylation sites is 1. The molecule has 0 aromatic heterocycles. The van der Waals surface area contributed by atoms with E-state index in [2.05, 4.69) is 10.1 Å². The fourth-order valence-corrected chi connectivity index (χ4v) is 3.04. The van der Waals surface area contributed by atoms with Gasteiger partial charge in [0.05, 0.1) is 5.56 Å². The van der Waals surface area contributed by atoms with E-state index in [1.165, 1.54) is 30.0 Å². The molecule has 0 fully saturated rings. The maximum Gasteiger partial charge on any atom is 0.573 e. The average Bonchev–Trinajstić information content (AvgIpc) is 2.65. The van der Waals surface area contributed by atoms with Crippen molar-refractivity contribution in [1.29, 1.82) is 0 Å². The fraction of sp³-hybridized carbons (Fsp3) is 0.263. The minimum atomic E-state index is -4.83. The van der Waals surface area contributed by atoms with Crippen LogP contribution in [0.2, 0.25) is 0 Å². The molecule has 1 amide bonds. The predicted molar refractivity (Wildman–Crippen MR) is 98.1 cm³/mol. The van der Waals surface area contributed by atoms with E-state index in [-0.39, 0.29) is 12.1 Å². The molecule has 5 nitrogen and oxygen atoms in total. The van der Waals surface area contributed by atoms with Crippen LogP contribution in [-0.4, -0.2) is 30.6 Å². The van der Waals surface area contributed by atoms with Crippen molar-refractivity contribution in [3.63, 3.8) is 0 Å². The SMILES string of the molecule is CCSc1ccccc1C(=O)OCC(=O)NCc1ccccc1OC(F)(F)F. The van der Waals surface area contributed by atoms with Crippen molar-refractivity contribution in [3.8, 4) is 5.75 Å². The highest BCUT2D eigenvalue weighted by atomic mass is 32.2. The molecule has 0 aliphatic rings. The summed E-state index contributed by atoms with van der Waals surface area (Å²) >= 11 is 1.47. The monoisotopic (exact) mass is 413 g/mol. The summed E-state index contributed by atoms with van der Waals surface area (Å²) in [4.78, 5) is 24.8. The number of carbonyl (C=O) groups is 2. The maximum atomic E-state index is 12.4. The number of carbonyl (C=O) groups excluding carboxylic acids is 2. The number of hydrogen-bond acceptors (Lipinski definition) is 5. The minimum absolute atomic E-state index is 0.143. The third-order valence-electron chi connectivity index (χ3n) is 3.42. The zero-order chi connectivity index (χ0) is 20.6. The van der Waals surface area contributed by atoms with Crippen LogP contribution >= 0.6 is 11.8 Å². The third kappa shape index (κ3) is 6.80. The molecule has 9 heteroatoms. The van der Waals surface area contributed by atoms with E-state index in [4.69, 9.17) is 4.74 Å². The zero-order valence-corrected chi connectivity index (χ0v) is 15.7. The highest BCUT2D eigenvalue weighted by Gasteiger charge is 2.32. The van der Waals surface area contributed by atoms with Gasteiger partial charge < -0.3 is 14.8 Å². The van der Waals surface area contributed by atoms with Crippen LogP contribution in [0.25, 0.3) is 0 Å². The van der Waals surface area contributed by atoms with Gasteiger partial charge in [-0.3, -0.25) is 4.79 Å². The molecule has 2 aromatic carbocycles. The van der Waals surface area contributed by atoms with Crippen LogP contribution in [0.1, 0.15) is 22.8 Å². The minimum Gasteiger partial charge on any atom is -0.452 e. The first-order chi connectivity index (χ1) is 13.3. The van der Waals surface area contributed by atoms with Gasteiger partial charge in [0.25, 0.3) is 5.91 Å². The second kappa shape index (κ2) is 10.0. The molecule has 1 N–H and O–H groups in total. The first-order valence-electron chi connectivity index (χ1n) is 8.29. The molecular weight excluding hydrogens is 395 g/mol. The van der Waals surface area contributed by atoms with Gasteiger partial charge in [-0.05, 0) is 24.0 Å². The van der Waals surface area contributed by atoms with E-state index in [0.29, 0.717) is 5.56 Å². The lowest BCUT2D eigenvalue weighted by atomic mass is 10.2. The van der Waals surface area contributed by atoms with Crippen molar-refractivity contribution in [1.82, 2.24) is 5.32 Å². The van der Waals surface area contributed by atoms with Crippen LogP contribution in [0.5, 0.6) is 5.75 Å². The molecule has 0 bridgehead atoms. The second-order valence-electron chi connectivity index (χ2n) is 5.44. The number of alkyl halides is 3. The summed E-state index contributed by atoms with van der Waals surface area (Å²) in [6.07, 6.45) is -4.83. The van der Waals surface area contributed by atoms with E-state index in [1.807, 2.05) is 6.92 Å². The third-order valence-corrected chi connectivity index (χ3v) is 4.37. The molecule has 0 aliphatic heterocycles. The molecular formula is C19H18F3NO4S. The average molecular weight is 413 g/mol. The van der Waals surface area contributed by atoms with Gasteiger partial charge in [-0.15, -0.1) is 24.9 Å². The first-order valence-corrected chi connectivity index (χ1v) is 9.28. The number of ether oxygens (including phenoxy) is 2. The molecule has 2 rings (SSSR count). The summed E-state index contributed by atoms with van der Waals surface area (Å²) in [6.45, 7) is 1.19. The van der Waals surface area contributed by atoms with Gasteiger partial charge in [0, 0.05) is 17.0 Å². The molecule has 0 spiro atoms. The van der Waals surface area contributed by atoms with Crippen molar-refractivity contribution in [3.05, 3.63) is 59.7 Å². The maximum absolute atomic E-state index is 12.4. The highest BCUT2D eigenvalue weighted by Crippen LogP contribution is 2.26. The number of esters is 1. The summed E-state index contributed by atoms with van der Waals surface area (Å²) in [5, 5.41) is 2.40. The number of amides is 1. The summed E-state index contributed by atoms with van der Waals surface area (Å²) in [7, 11) is 0. The van der Waals surface area contributed by atoms with Gasteiger partial charge in [0.1, 0.15) is 5.75 Å². The number of halogens is 3. The molecule has 0 unspecified atom stereocenters. The molecule has 0 aliphatic carbocycles. The largest absolute Gasteiger partial charge is 0.573 e. The molecule has 0 atom stereocenters. The molecule has 0 saturated carbocycles. The van der Waals surface area contributed by atoms with Crippen LogP contribution in [0.15, 0.2) is 53.4 Å². The smallest absolute Gasteiger partial charge is 0.452 e. The first kappa shape index (κ1) is 21.6. The molecule has 0 heterocycles. The van der Waals surface area contributed by atoms with Gasteiger partial charge in [-0.2, -0.15) is 0 Å². The van der Waals surface area contributed by atoms with Gasteiger partial charge in [0.2, 0.25) is 0 Å². The Morgan fingerprint density at radius 2 is 1.75 bits per heavy atom. The van der Waals surface area contributed by atoms with Crippen LogP contribution in [0.3, 0.4) is 0 Å². The molecule has 150 valence electrons. The van der Waals surface area contributed by atoms with Crippen LogP contribution < -0.4 is 10.1 Å². The van der Waals surface area contributed by atoms with E-state index < -0.39 is 30.6 Å². The Bertz CT molecular complexity index is 827. The lowest BCUT2D eigenvalue weighted by molar-refractivity contribution is -0.274. The summed E-state index contributed by atoms with van der Waals surface area (Å²) < 4.78 is 46.1. The Kier molecular flexibility index (Phi) is 7.74. The number of benzene rings is 2. The second-order valence-corrected chi connectivity index (χ2v) is 6.74. The van der Waals surface area contributed by atoms with Crippen molar-refractivity contribution >= 4 is 23.6 Å². The van der Waals surface area contributed by atoms with Gasteiger partial charge >= 0.3 is 12.3 Å². The highest BCUT2D eigenvalue weighted by molar-refractivity contribution is 7.99. The summed E-state index contributed by atoms with van der Waals surface area (Å²) in [5.74, 6) is -0.925. The zero-order valence-electron chi connectivity index (χ0n) is 14.9. The lowest BCUT2D eigenvalue weighted by Gasteiger charge is -2.13. The van der Waals surface area contributed by atoms with Crippen LogP contribution in [0.4, 0.5) is 13.2 Å². The summed E-state index contributed by atoms with van der Waals surface area (Å²) in [6, 6.07) is 12.3. The van der Waals surface area contributed by atoms with Gasteiger partial charge in [-0.25, -0.2) is 4.79 Å². The number of nitrogens with one attached hydrogen (secondary N) is 1.